The molecule has 0 fully saturated rings. The number of carbonyl (C=O) groups excluding carboxylic acids is 3. The van der Waals surface area contributed by atoms with Crippen molar-refractivity contribution < 1.29 is 27.6 Å². The first-order chi connectivity index (χ1) is 13.9. The number of benzene rings is 1. The van der Waals surface area contributed by atoms with Crippen molar-refractivity contribution in [2.24, 2.45) is 0 Å². The van der Waals surface area contributed by atoms with Gasteiger partial charge >= 0.3 is 0 Å². The average molecular weight is 420 g/mol. The second-order valence-electron chi connectivity index (χ2n) is 5.71. The monoisotopic (exact) mass is 420 g/mol. The minimum atomic E-state index is -1.09. The summed E-state index contributed by atoms with van der Waals surface area (Å²) in [5.41, 5.74) is 0.475. The van der Waals surface area contributed by atoms with Gasteiger partial charge in [0.05, 0.1) is 24.9 Å². The number of nitrogens with one attached hydrogen (secondary N) is 3. The number of halogens is 2. The summed E-state index contributed by atoms with van der Waals surface area (Å²) in [6.45, 7) is -0.357. The topological polar surface area (TPSA) is 113 Å². The quantitative estimate of drug-likeness (QED) is 0.544. The minimum Gasteiger partial charge on any atom is -0.459 e. The number of aromatic nitrogens is 1. The molecule has 0 aliphatic carbocycles. The van der Waals surface area contributed by atoms with Crippen molar-refractivity contribution in [3.05, 3.63) is 65.1 Å². The van der Waals surface area contributed by atoms with Crippen LogP contribution in [0.3, 0.4) is 0 Å². The fraction of sp³-hybridized carbons (Fsp3) is 0.111. The van der Waals surface area contributed by atoms with E-state index in [1.165, 1.54) is 18.4 Å². The molecule has 8 nitrogen and oxygen atoms in total. The van der Waals surface area contributed by atoms with Gasteiger partial charge in [-0.3, -0.25) is 19.7 Å². The van der Waals surface area contributed by atoms with Crippen LogP contribution in [0.5, 0.6) is 0 Å². The van der Waals surface area contributed by atoms with Gasteiger partial charge in [-0.25, -0.2) is 13.8 Å². The van der Waals surface area contributed by atoms with E-state index >= 15 is 0 Å². The van der Waals surface area contributed by atoms with E-state index in [1.54, 1.807) is 11.4 Å². The van der Waals surface area contributed by atoms with Gasteiger partial charge in [-0.05, 0) is 24.3 Å². The molecule has 0 atom stereocenters. The number of thiazole rings is 1. The fourth-order valence-corrected chi connectivity index (χ4v) is 2.90. The van der Waals surface area contributed by atoms with Crippen LogP contribution in [-0.4, -0.2) is 29.3 Å². The first-order valence-electron chi connectivity index (χ1n) is 8.21. The largest absolute Gasteiger partial charge is 0.459 e. The lowest BCUT2D eigenvalue weighted by atomic mass is 10.3. The molecule has 3 amide bonds. The van der Waals surface area contributed by atoms with Crippen molar-refractivity contribution in [1.29, 1.82) is 0 Å². The SMILES string of the molecule is O=C(Cc1csc(NC(=O)c2ccco2)n1)NCC(=O)Nc1ccc(F)c(F)c1. The lowest BCUT2D eigenvalue weighted by Gasteiger charge is -2.07. The summed E-state index contributed by atoms with van der Waals surface area (Å²) in [6.07, 6.45) is 1.26. The molecule has 29 heavy (non-hydrogen) atoms. The zero-order chi connectivity index (χ0) is 20.8. The molecule has 3 aromatic rings. The second-order valence-corrected chi connectivity index (χ2v) is 6.56. The van der Waals surface area contributed by atoms with E-state index in [0.29, 0.717) is 10.8 Å². The van der Waals surface area contributed by atoms with Gasteiger partial charge in [-0.1, -0.05) is 0 Å². The highest BCUT2D eigenvalue weighted by Gasteiger charge is 2.13. The Bertz CT molecular complexity index is 1040. The number of hydrogen-bond acceptors (Lipinski definition) is 6. The van der Waals surface area contributed by atoms with Gasteiger partial charge in [-0.15, -0.1) is 11.3 Å². The Morgan fingerprint density at radius 2 is 1.90 bits per heavy atom. The van der Waals surface area contributed by atoms with Crippen molar-refractivity contribution >= 4 is 39.9 Å². The summed E-state index contributed by atoms with van der Waals surface area (Å²) in [4.78, 5) is 39.7. The molecule has 0 aliphatic heterocycles. The Morgan fingerprint density at radius 1 is 1.07 bits per heavy atom. The van der Waals surface area contributed by atoms with Crippen LogP contribution < -0.4 is 16.0 Å². The van der Waals surface area contributed by atoms with Crippen molar-refractivity contribution in [2.75, 3.05) is 17.2 Å². The molecule has 0 aliphatic rings. The van der Waals surface area contributed by atoms with E-state index < -0.39 is 29.4 Å². The molecule has 0 unspecified atom stereocenters. The number of amides is 3. The van der Waals surface area contributed by atoms with E-state index in [-0.39, 0.29) is 24.4 Å². The standard InChI is InChI=1S/C18H14F2N4O4S/c19-12-4-3-10(6-13(12)20)22-16(26)8-21-15(25)7-11-9-29-18(23-11)24-17(27)14-2-1-5-28-14/h1-6,9H,7-8H2,(H,21,25)(H,22,26)(H,23,24,27). The van der Waals surface area contributed by atoms with Gasteiger partial charge in [0.15, 0.2) is 22.5 Å². The highest BCUT2D eigenvalue weighted by Crippen LogP contribution is 2.17. The third kappa shape index (κ3) is 5.69. The van der Waals surface area contributed by atoms with Gasteiger partial charge in [0.1, 0.15) is 0 Å². The molecular weight excluding hydrogens is 406 g/mol. The zero-order valence-electron chi connectivity index (χ0n) is 14.7. The van der Waals surface area contributed by atoms with E-state index in [4.69, 9.17) is 4.42 Å². The first kappa shape index (κ1) is 20.1. The molecule has 0 saturated carbocycles. The predicted octanol–water partition coefficient (Wildman–Crippen LogP) is 2.56. The smallest absolute Gasteiger partial charge is 0.293 e. The minimum absolute atomic E-state index is 0.0691. The van der Waals surface area contributed by atoms with Crippen LogP contribution in [0.25, 0.3) is 0 Å². The van der Waals surface area contributed by atoms with Crippen molar-refractivity contribution in [1.82, 2.24) is 10.3 Å². The molecule has 3 N–H and O–H groups in total. The van der Waals surface area contributed by atoms with Gasteiger partial charge in [0.25, 0.3) is 5.91 Å². The van der Waals surface area contributed by atoms with Crippen LogP contribution in [0, 0.1) is 11.6 Å². The van der Waals surface area contributed by atoms with Crippen LogP contribution >= 0.6 is 11.3 Å². The summed E-state index contributed by atoms with van der Waals surface area (Å²) >= 11 is 1.14. The van der Waals surface area contributed by atoms with E-state index in [2.05, 4.69) is 20.9 Å². The molecule has 0 radical (unpaired) electrons. The van der Waals surface area contributed by atoms with Crippen LogP contribution in [0.1, 0.15) is 16.2 Å². The third-order valence-electron chi connectivity index (χ3n) is 3.51. The summed E-state index contributed by atoms with van der Waals surface area (Å²) in [5.74, 6) is -3.53. The second kappa shape index (κ2) is 9.06. The Kier molecular flexibility index (Phi) is 6.29. The maximum Gasteiger partial charge on any atom is 0.293 e. The normalized spacial score (nSPS) is 10.4. The van der Waals surface area contributed by atoms with Crippen LogP contribution in [0.4, 0.5) is 19.6 Å². The molecule has 0 saturated heterocycles. The van der Waals surface area contributed by atoms with E-state index in [0.717, 1.165) is 23.5 Å². The highest BCUT2D eigenvalue weighted by atomic mass is 32.1. The number of carbonyl (C=O) groups is 3. The number of furan rings is 1. The summed E-state index contributed by atoms with van der Waals surface area (Å²) in [7, 11) is 0. The maximum atomic E-state index is 13.1. The number of nitrogens with zero attached hydrogens (tertiary/aromatic N) is 1. The third-order valence-corrected chi connectivity index (χ3v) is 4.31. The van der Waals surface area contributed by atoms with Gasteiger partial charge in [0, 0.05) is 17.1 Å². The van der Waals surface area contributed by atoms with Crippen molar-refractivity contribution in [2.45, 2.75) is 6.42 Å². The van der Waals surface area contributed by atoms with Crippen LogP contribution in [0.2, 0.25) is 0 Å². The lowest BCUT2D eigenvalue weighted by molar-refractivity contribution is -0.123. The summed E-state index contributed by atoms with van der Waals surface area (Å²) < 4.78 is 30.9. The molecule has 1 aromatic carbocycles. The Balaban J connectivity index is 1.44. The van der Waals surface area contributed by atoms with Gasteiger partial charge in [-0.2, -0.15) is 0 Å². The number of anilines is 2. The van der Waals surface area contributed by atoms with Crippen molar-refractivity contribution in [3.63, 3.8) is 0 Å². The lowest BCUT2D eigenvalue weighted by Crippen LogP contribution is -2.33. The molecule has 11 heteroatoms. The number of rotatable bonds is 7. The molecule has 150 valence electrons. The van der Waals surface area contributed by atoms with Gasteiger partial charge < -0.3 is 15.1 Å². The number of hydrogen-bond donors (Lipinski definition) is 3. The Hall–Kier alpha value is -3.60. The maximum absolute atomic E-state index is 13.1. The average Bonchev–Trinajstić information content (AvgIpc) is 3.35. The summed E-state index contributed by atoms with van der Waals surface area (Å²) in [5, 5.41) is 9.17. The van der Waals surface area contributed by atoms with Crippen molar-refractivity contribution in [3.8, 4) is 0 Å². The van der Waals surface area contributed by atoms with E-state index in [1.807, 2.05) is 0 Å². The highest BCUT2D eigenvalue weighted by molar-refractivity contribution is 7.14. The van der Waals surface area contributed by atoms with Gasteiger partial charge in [0.2, 0.25) is 11.8 Å². The molecular formula is C18H14F2N4O4S. The van der Waals surface area contributed by atoms with Crippen LogP contribution in [0.15, 0.2) is 46.4 Å². The van der Waals surface area contributed by atoms with E-state index in [9.17, 15) is 23.2 Å². The van der Waals surface area contributed by atoms with Crippen LogP contribution in [-0.2, 0) is 16.0 Å². The summed E-state index contributed by atoms with van der Waals surface area (Å²) in [6, 6.07) is 6.00. The molecule has 3 rings (SSSR count). The molecule has 0 bridgehead atoms. The first-order valence-corrected chi connectivity index (χ1v) is 9.09. The molecule has 2 heterocycles. The molecule has 0 spiro atoms. The Morgan fingerprint density at radius 3 is 2.62 bits per heavy atom. The predicted molar refractivity (Wildman–Crippen MR) is 100 cm³/mol. The Labute approximate surface area is 166 Å². The zero-order valence-corrected chi connectivity index (χ0v) is 15.5. The fourth-order valence-electron chi connectivity index (χ4n) is 2.20. The molecule has 2 aromatic heterocycles.